The summed E-state index contributed by atoms with van der Waals surface area (Å²) in [6, 6.07) is 10.3. The van der Waals surface area contributed by atoms with E-state index in [1.54, 1.807) is 0 Å². The molecule has 2 heteroatoms. The number of carbonyl (C=O) groups is 1. The van der Waals surface area contributed by atoms with Crippen LogP contribution in [0.25, 0.3) is 0 Å². The Morgan fingerprint density at radius 2 is 2.00 bits per heavy atom. The van der Waals surface area contributed by atoms with Crippen LogP contribution in [-0.2, 0) is 12.8 Å². The van der Waals surface area contributed by atoms with E-state index in [9.17, 15) is 4.79 Å². The van der Waals surface area contributed by atoms with Gasteiger partial charge in [0.15, 0.2) is 0 Å². The van der Waals surface area contributed by atoms with E-state index in [4.69, 9.17) is 0 Å². The molecule has 0 spiro atoms. The van der Waals surface area contributed by atoms with Crippen molar-refractivity contribution in [3.63, 3.8) is 0 Å². The van der Waals surface area contributed by atoms with Crippen LogP contribution in [0.2, 0.25) is 0 Å². The Balaban J connectivity index is 1.54. The fourth-order valence-electron chi connectivity index (χ4n) is 4.48. The zero-order chi connectivity index (χ0) is 15.5. The van der Waals surface area contributed by atoms with Crippen molar-refractivity contribution >= 4 is 5.91 Å². The molecule has 1 aromatic carbocycles. The molecule has 1 aromatic heterocycles. The van der Waals surface area contributed by atoms with Crippen LogP contribution in [-0.4, -0.2) is 10.5 Å². The first kappa shape index (κ1) is 13.8. The highest BCUT2D eigenvalue weighted by atomic mass is 16.2. The molecule has 2 atom stereocenters. The lowest BCUT2D eigenvalue weighted by molar-refractivity contribution is 0.0899. The van der Waals surface area contributed by atoms with Crippen LogP contribution in [0.15, 0.2) is 36.5 Å². The Bertz CT molecular complexity index is 739. The van der Waals surface area contributed by atoms with Gasteiger partial charge in [0.1, 0.15) is 0 Å². The normalized spacial score (nSPS) is 24.0. The lowest BCUT2D eigenvalue weighted by Crippen LogP contribution is -2.15. The molecule has 22 heavy (non-hydrogen) atoms. The van der Waals surface area contributed by atoms with Crippen LogP contribution < -0.4 is 0 Å². The van der Waals surface area contributed by atoms with Gasteiger partial charge < -0.3 is 0 Å². The number of fused-ring (bicyclic) bond motifs is 3. The van der Waals surface area contributed by atoms with Gasteiger partial charge in [-0.15, -0.1) is 0 Å². The largest absolute Gasteiger partial charge is 0.291 e. The third-order valence-electron chi connectivity index (χ3n) is 5.86. The first-order valence-corrected chi connectivity index (χ1v) is 8.28. The van der Waals surface area contributed by atoms with Gasteiger partial charge in [0.25, 0.3) is 0 Å². The molecule has 2 aromatic rings. The molecule has 1 heterocycles. The highest BCUT2D eigenvalue weighted by Gasteiger charge is 2.63. The predicted octanol–water partition coefficient (Wildman–Crippen LogP) is 4.37. The van der Waals surface area contributed by atoms with Gasteiger partial charge in [-0.05, 0) is 53.7 Å². The van der Waals surface area contributed by atoms with Crippen molar-refractivity contribution in [2.24, 2.45) is 11.3 Å². The van der Waals surface area contributed by atoms with Gasteiger partial charge in [-0.3, -0.25) is 9.36 Å². The average Bonchev–Trinajstić information content (AvgIpc) is 2.86. The Labute approximate surface area is 132 Å². The molecular weight excluding hydrogens is 270 g/mol. The summed E-state index contributed by atoms with van der Waals surface area (Å²) in [6.45, 7) is 6.88. The second-order valence-electron chi connectivity index (χ2n) is 7.53. The maximum absolute atomic E-state index is 12.6. The first-order chi connectivity index (χ1) is 10.5. The third-order valence-corrected chi connectivity index (χ3v) is 5.86. The van der Waals surface area contributed by atoms with E-state index in [1.807, 2.05) is 22.8 Å². The molecule has 0 amide bonds. The number of aromatic nitrogens is 1. The monoisotopic (exact) mass is 293 g/mol. The summed E-state index contributed by atoms with van der Waals surface area (Å²) in [7, 11) is 0. The van der Waals surface area contributed by atoms with E-state index in [-0.39, 0.29) is 5.91 Å². The number of rotatable bonds is 3. The molecule has 114 valence electrons. The maximum atomic E-state index is 12.6. The smallest absolute Gasteiger partial charge is 0.231 e. The van der Waals surface area contributed by atoms with Gasteiger partial charge >= 0.3 is 0 Å². The maximum Gasteiger partial charge on any atom is 0.231 e. The standard InChI is InChI=1S/C20H23NO/c1-13-12-21(16-11-15-19(18(13)16)20(15,2)3)17(22)10-9-14-7-5-4-6-8-14/h4-8,12,15,19H,9-11H2,1-3H3/t15-,19-/m1/s1. The van der Waals surface area contributed by atoms with Gasteiger partial charge in [-0.2, -0.15) is 0 Å². The SMILES string of the molecule is Cc1cn(C(=O)CCc2ccccc2)c2c1[C@H]1[C@@H](C2)C1(C)C. The number of carbonyl (C=O) groups excluding carboxylic acids is 1. The molecule has 0 radical (unpaired) electrons. The fourth-order valence-corrected chi connectivity index (χ4v) is 4.48. The summed E-state index contributed by atoms with van der Waals surface area (Å²) in [5.74, 6) is 1.68. The third kappa shape index (κ3) is 1.89. The van der Waals surface area contributed by atoms with Crippen molar-refractivity contribution in [1.82, 2.24) is 4.57 Å². The van der Waals surface area contributed by atoms with Crippen LogP contribution >= 0.6 is 0 Å². The van der Waals surface area contributed by atoms with Gasteiger partial charge in [-0.1, -0.05) is 44.2 Å². The summed E-state index contributed by atoms with van der Waals surface area (Å²) in [6.07, 6.45) is 4.56. The zero-order valence-electron chi connectivity index (χ0n) is 13.6. The van der Waals surface area contributed by atoms with E-state index in [2.05, 4.69) is 39.1 Å². The molecule has 2 aliphatic rings. The minimum atomic E-state index is 0.243. The topological polar surface area (TPSA) is 22.0 Å². The van der Waals surface area contributed by atoms with Crippen molar-refractivity contribution in [1.29, 1.82) is 0 Å². The van der Waals surface area contributed by atoms with Crippen LogP contribution in [0.5, 0.6) is 0 Å². The molecule has 4 rings (SSSR count). The number of benzene rings is 1. The van der Waals surface area contributed by atoms with E-state index in [0.717, 1.165) is 18.8 Å². The zero-order valence-corrected chi connectivity index (χ0v) is 13.6. The lowest BCUT2D eigenvalue weighted by atomic mass is 9.97. The Hall–Kier alpha value is -1.83. The van der Waals surface area contributed by atoms with E-state index < -0.39 is 0 Å². The van der Waals surface area contributed by atoms with E-state index in [0.29, 0.717) is 17.8 Å². The fraction of sp³-hybridized carbons (Fsp3) is 0.450. The van der Waals surface area contributed by atoms with E-state index >= 15 is 0 Å². The number of hydrogen-bond acceptors (Lipinski definition) is 1. The van der Waals surface area contributed by atoms with E-state index in [1.165, 1.54) is 22.4 Å². The highest BCUT2D eigenvalue weighted by molar-refractivity contribution is 5.81. The van der Waals surface area contributed by atoms with Crippen LogP contribution in [0.3, 0.4) is 0 Å². The quantitative estimate of drug-likeness (QED) is 0.824. The number of nitrogens with zero attached hydrogens (tertiary/aromatic N) is 1. The van der Waals surface area contributed by atoms with Crippen LogP contribution in [0.1, 0.15) is 53.4 Å². The molecular formula is C20H23NO. The average molecular weight is 293 g/mol. The van der Waals surface area contributed by atoms with Gasteiger partial charge in [0, 0.05) is 18.3 Å². The molecule has 0 saturated heterocycles. The number of aryl methyl sites for hydroxylation is 2. The van der Waals surface area contributed by atoms with Crippen molar-refractivity contribution in [3.8, 4) is 0 Å². The molecule has 0 aliphatic heterocycles. The number of hydrogen-bond donors (Lipinski definition) is 0. The van der Waals surface area contributed by atoms with Crippen molar-refractivity contribution < 1.29 is 4.79 Å². The van der Waals surface area contributed by atoms with Crippen molar-refractivity contribution in [2.45, 2.75) is 46.0 Å². The first-order valence-electron chi connectivity index (χ1n) is 8.28. The summed E-state index contributed by atoms with van der Waals surface area (Å²) >= 11 is 0. The molecule has 2 nitrogen and oxygen atoms in total. The Morgan fingerprint density at radius 1 is 1.27 bits per heavy atom. The molecule has 2 aliphatic carbocycles. The second kappa shape index (κ2) is 4.58. The van der Waals surface area contributed by atoms with Crippen molar-refractivity contribution in [2.75, 3.05) is 0 Å². The van der Waals surface area contributed by atoms with Gasteiger partial charge in [0.2, 0.25) is 5.91 Å². The summed E-state index contributed by atoms with van der Waals surface area (Å²) < 4.78 is 1.95. The predicted molar refractivity (Wildman–Crippen MR) is 88.3 cm³/mol. The minimum Gasteiger partial charge on any atom is -0.291 e. The minimum absolute atomic E-state index is 0.243. The van der Waals surface area contributed by atoms with Gasteiger partial charge in [0.05, 0.1) is 0 Å². The molecule has 0 bridgehead atoms. The van der Waals surface area contributed by atoms with Crippen LogP contribution in [0, 0.1) is 18.3 Å². The molecule has 0 unspecified atom stereocenters. The van der Waals surface area contributed by atoms with Gasteiger partial charge in [-0.25, -0.2) is 0 Å². The lowest BCUT2D eigenvalue weighted by Gasteiger charge is -2.12. The highest BCUT2D eigenvalue weighted by Crippen LogP contribution is 2.70. The second-order valence-corrected chi connectivity index (χ2v) is 7.53. The van der Waals surface area contributed by atoms with Crippen LogP contribution in [0.4, 0.5) is 0 Å². The Morgan fingerprint density at radius 3 is 2.73 bits per heavy atom. The summed E-state index contributed by atoms with van der Waals surface area (Å²) in [5.41, 5.74) is 5.76. The summed E-state index contributed by atoms with van der Waals surface area (Å²) in [4.78, 5) is 12.6. The Kier molecular flexibility index (Phi) is 2.87. The van der Waals surface area contributed by atoms with Crippen molar-refractivity contribution in [3.05, 3.63) is 58.9 Å². The molecule has 1 saturated carbocycles. The summed E-state index contributed by atoms with van der Waals surface area (Å²) in [5, 5.41) is 0. The molecule has 1 fully saturated rings. The molecule has 0 N–H and O–H groups in total.